The zero-order valence-corrected chi connectivity index (χ0v) is 13.8. The van der Waals surface area contributed by atoms with Gasteiger partial charge in [0.1, 0.15) is 5.60 Å². The number of benzene rings is 1. The number of rotatable bonds is 1. The summed E-state index contributed by atoms with van der Waals surface area (Å²) in [6, 6.07) is 1.54. The van der Waals surface area contributed by atoms with Crippen molar-refractivity contribution in [2.45, 2.75) is 26.4 Å². The Bertz CT molecular complexity index is 486. The molecule has 0 bridgehead atoms. The second-order valence-electron chi connectivity index (χ2n) is 4.47. The molecule has 1 amide bonds. The number of nitrogens with one attached hydrogen (secondary N) is 1. The minimum atomic E-state index is -0.622. The molecule has 0 spiro atoms. The van der Waals surface area contributed by atoms with Gasteiger partial charge in [-0.3, -0.25) is 5.32 Å². The average Bonchev–Trinajstić information content (AvgIpc) is 2.19. The topological polar surface area (TPSA) is 38.3 Å². The quantitative estimate of drug-likeness (QED) is 0.501. The molecule has 1 rings (SSSR count). The molecule has 0 aromatic heterocycles. The zero-order valence-electron chi connectivity index (χ0n) is 9.91. The fourth-order valence-electron chi connectivity index (χ4n) is 1.09. The smallest absolute Gasteiger partial charge is 0.412 e. The molecule has 0 unspecified atom stereocenters. The Hall–Kier alpha value is -0.160. The number of anilines is 1. The Morgan fingerprint density at radius 1 is 1.28 bits per heavy atom. The van der Waals surface area contributed by atoms with Crippen LogP contribution in [0.1, 0.15) is 20.8 Å². The number of hydrogen-bond donors (Lipinski definition) is 1. The van der Waals surface area contributed by atoms with Crippen molar-refractivity contribution in [3.63, 3.8) is 0 Å². The van der Waals surface area contributed by atoms with Crippen LogP contribution in [0.25, 0.3) is 0 Å². The molecule has 0 aliphatic carbocycles. The Kier molecular flexibility index (Phi) is 5.18. The first-order chi connectivity index (χ1) is 8.11. The van der Waals surface area contributed by atoms with Crippen LogP contribution in [-0.4, -0.2) is 11.7 Å². The van der Waals surface area contributed by atoms with Gasteiger partial charge in [-0.15, -0.1) is 0 Å². The van der Waals surface area contributed by atoms with E-state index in [4.69, 9.17) is 39.5 Å². The largest absolute Gasteiger partial charge is 0.444 e. The summed E-state index contributed by atoms with van der Waals surface area (Å²) in [4.78, 5) is 11.6. The third-order valence-corrected chi connectivity index (χ3v) is 3.63. The maximum Gasteiger partial charge on any atom is 0.412 e. The molecule has 100 valence electrons. The van der Waals surface area contributed by atoms with Crippen molar-refractivity contribution in [1.29, 1.82) is 0 Å². The number of carbonyl (C=O) groups is 1. The van der Waals surface area contributed by atoms with E-state index < -0.39 is 11.7 Å². The van der Waals surface area contributed by atoms with Crippen LogP contribution >= 0.6 is 50.7 Å². The summed E-state index contributed by atoms with van der Waals surface area (Å²) in [5.41, 5.74) is -0.278. The number of hydrogen-bond acceptors (Lipinski definition) is 2. The van der Waals surface area contributed by atoms with Crippen LogP contribution in [0.5, 0.6) is 0 Å². The highest BCUT2D eigenvalue weighted by Gasteiger charge is 2.20. The van der Waals surface area contributed by atoms with Crippen molar-refractivity contribution in [2.75, 3.05) is 5.32 Å². The first-order valence-electron chi connectivity index (χ1n) is 4.95. The van der Waals surface area contributed by atoms with E-state index in [2.05, 4.69) is 21.2 Å². The van der Waals surface area contributed by atoms with E-state index in [1.807, 2.05) is 0 Å². The van der Waals surface area contributed by atoms with Gasteiger partial charge >= 0.3 is 6.09 Å². The molecule has 0 atom stereocenters. The van der Waals surface area contributed by atoms with Gasteiger partial charge < -0.3 is 4.74 Å². The maximum atomic E-state index is 11.6. The number of carbonyl (C=O) groups excluding carboxylic acids is 1. The molecule has 0 saturated carbocycles. The minimum absolute atomic E-state index is 0.155. The summed E-state index contributed by atoms with van der Waals surface area (Å²) < 4.78 is 5.64. The van der Waals surface area contributed by atoms with Crippen LogP contribution in [0.3, 0.4) is 0 Å². The minimum Gasteiger partial charge on any atom is -0.444 e. The highest BCUT2D eigenvalue weighted by molar-refractivity contribution is 9.10. The van der Waals surface area contributed by atoms with Crippen molar-refractivity contribution in [1.82, 2.24) is 0 Å². The number of halogens is 4. The predicted molar refractivity (Wildman–Crippen MR) is 79.0 cm³/mol. The normalized spacial score (nSPS) is 11.3. The Balaban J connectivity index is 2.99. The number of ether oxygens (including phenoxy) is 1. The molecule has 0 aliphatic rings. The summed E-state index contributed by atoms with van der Waals surface area (Å²) in [5.74, 6) is 0. The first-order valence-corrected chi connectivity index (χ1v) is 6.87. The van der Waals surface area contributed by atoms with E-state index in [-0.39, 0.29) is 10.0 Å². The number of amides is 1. The van der Waals surface area contributed by atoms with Crippen molar-refractivity contribution in [2.24, 2.45) is 0 Å². The maximum absolute atomic E-state index is 11.6. The van der Waals surface area contributed by atoms with Crippen LogP contribution in [0.15, 0.2) is 10.5 Å². The molecule has 0 radical (unpaired) electrons. The van der Waals surface area contributed by atoms with Gasteiger partial charge in [0.25, 0.3) is 0 Å². The summed E-state index contributed by atoms with van der Waals surface area (Å²) in [6.45, 7) is 5.29. The van der Waals surface area contributed by atoms with Gasteiger partial charge in [0.15, 0.2) is 0 Å². The molecular formula is C11H11BrCl3NO2. The molecule has 0 fully saturated rings. The van der Waals surface area contributed by atoms with E-state index >= 15 is 0 Å². The standard InChI is InChI=1S/C11H11BrCl3NO2/c1-11(2,3)18-10(17)16-9-5(12)4-6(13)7(14)8(9)15/h4H,1-3H3,(H,16,17). The van der Waals surface area contributed by atoms with E-state index in [0.29, 0.717) is 15.2 Å². The summed E-state index contributed by atoms with van der Waals surface area (Å²) >= 11 is 21.0. The molecule has 18 heavy (non-hydrogen) atoms. The third-order valence-electron chi connectivity index (χ3n) is 1.74. The molecule has 1 aromatic carbocycles. The highest BCUT2D eigenvalue weighted by atomic mass is 79.9. The Morgan fingerprint density at radius 3 is 2.33 bits per heavy atom. The fourth-order valence-corrected chi connectivity index (χ4v) is 2.51. The van der Waals surface area contributed by atoms with Crippen LogP contribution in [-0.2, 0) is 4.74 Å². The monoisotopic (exact) mass is 373 g/mol. The highest BCUT2D eigenvalue weighted by Crippen LogP contribution is 2.41. The van der Waals surface area contributed by atoms with E-state index in [1.54, 1.807) is 26.8 Å². The molecule has 1 N–H and O–H groups in total. The predicted octanol–water partition coefficient (Wildman–Crippen LogP) is 5.76. The van der Waals surface area contributed by atoms with E-state index in [0.717, 1.165) is 0 Å². The molecule has 3 nitrogen and oxygen atoms in total. The molecule has 0 saturated heterocycles. The van der Waals surface area contributed by atoms with Crippen LogP contribution < -0.4 is 5.32 Å². The van der Waals surface area contributed by atoms with Crippen LogP contribution in [0.4, 0.5) is 10.5 Å². The molecule has 7 heteroatoms. The van der Waals surface area contributed by atoms with Crippen molar-refractivity contribution >= 4 is 62.5 Å². The summed E-state index contributed by atoms with van der Waals surface area (Å²) in [5, 5.41) is 3.14. The lowest BCUT2D eigenvalue weighted by Crippen LogP contribution is -2.27. The second-order valence-corrected chi connectivity index (χ2v) is 6.49. The molecule has 0 aliphatic heterocycles. The lowest BCUT2D eigenvalue weighted by atomic mass is 10.2. The van der Waals surface area contributed by atoms with Gasteiger partial charge in [-0.1, -0.05) is 34.8 Å². The van der Waals surface area contributed by atoms with Gasteiger partial charge in [-0.2, -0.15) is 0 Å². The SMILES string of the molecule is CC(C)(C)OC(=O)Nc1c(Br)cc(Cl)c(Cl)c1Cl. The molecular weight excluding hydrogens is 364 g/mol. The zero-order chi connectivity index (χ0) is 14.1. The fraction of sp³-hybridized carbons (Fsp3) is 0.364. The average molecular weight is 375 g/mol. The van der Waals surface area contributed by atoms with Gasteiger partial charge in [-0.25, -0.2) is 4.79 Å². The van der Waals surface area contributed by atoms with Crippen LogP contribution in [0.2, 0.25) is 15.1 Å². The van der Waals surface area contributed by atoms with Gasteiger partial charge in [0.2, 0.25) is 0 Å². The van der Waals surface area contributed by atoms with Gasteiger partial charge in [-0.05, 0) is 42.8 Å². The third kappa shape index (κ3) is 4.19. The van der Waals surface area contributed by atoms with E-state index in [1.165, 1.54) is 0 Å². The second kappa shape index (κ2) is 5.87. The molecule has 0 heterocycles. The lowest BCUT2D eigenvalue weighted by Gasteiger charge is -2.20. The van der Waals surface area contributed by atoms with Crippen molar-refractivity contribution in [3.8, 4) is 0 Å². The van der Waals surface area contributed by atoms with Crippen molar-refractivity contribution < 1.29 is 9.53 Å². The lowest BCUT2D eigenvalue weighted by molar-refractivity contribution is 0.0636. The summed E-state index contributed by atoms with van der Waals surface area (Å²) in [6.07, 6.45) is -0.622. The van der Waals surface area contributed by atoms with Crippen LogP contribution in [0, 0.1) is 0 Å². The Labute approximate surface area is 129 Å². The van der Waals surface area contributed by atoms with E-state index in [9.17, 15) is 4.79 Å². The summed E-state index contributed by atoms with van der Waals surface area (Å²) in [7, 11) is 0. The molecule has 1 aromatic rings. The van der Waals surface area contributed by atoms with Gasteiger partial charge in [0.05, 0.1) is 20.8 Å². The van der Waals surface area contributed by atoms with Gasteiger partial charge in [0, 0.05) is 4.47 Å². The first kappa shape index (κ1) is 15.9. The Morgan fingerprint density at radius 2 is 1.83 bits per heavy atom. The van der Waals surface area contributed by atoms with Crippen molar-refractivity contribution in [3.05, 3.63) is 25.6 Å².